The SMILES string of the molecule is CCOCCCNC(=O)c1cccc(NC(=O)C2CCCC(N)C2)c1. The molecule has 1 aromatic rings. The second-order valence-corrected chi connectivity index (χ2v) is 6.50. The van der Waals surface area contributed by atoms with Gasteiger partial charge in [0.1, 0.15) is 0 Å². The topological polar surface area (TPSA) is 93.5 Å². The van der Waals surface area contributed by atoms with Crippen LogP contribution >= 0.6 is 0 Å². The van der Waals surface area contributed by atoms with Gasteiger partial charge in [0.05, 0.1) is 0 Å². The number of hydrogen-bond acceptors (Lipinski definition) is 4. The van der Waals surface area contributed by atoms with E-state index in [-0.39, 0.29) is 23.8 Å². The van der Waals surface area contributed by atoms with Crippen LogP contribution in [0.25, 0.3) is 0 Å². The zero-order valence-electron chi connectivity index (χ0n) is 14.9. The van der Waals surface area contributed by atoms with E-state index in [1.165, 1.54) is 0 Å². The quantitative estimate of drug-likeness (QED) is 0.629. The lowest BCUT2D eigenvalue weighted by atomic mass is 9.85. The minimum Gasteiger partial charge on any atom is -0.382 e. The van der Waals surface area contributed by atoms with Gasteiger partial charge in [0, 0.05) is 43.0 Å². The van der Waals surface area contributed by atoms with Gasteiger partial charge in [-0.1, -0.05) is 12.5 Å². The Morgan fingerprint density at radius 2 is 2.16 bits per heavy atom. The number of carbonyl (C=O) groups excluding carboxylic acids is 2. The predicted molar refractivity (Wildman–Crippen MR) is 98.4 cm³/mol. The molecule has 4 N–H and O–H groups in total. The average Bonchev–Trinajstić information content (AvgIpc) is 2.61. The maximum atomic E-state index is 12.4. The van der Waals surface area contributed by atoms with Gasteiger partial charge < -0.3 is 21.1 Å². The van der Waals surface area contributed by atoms with Crippen molar-refractivity contribution in [3.05, 3.63) is 29.8 Å². The molecular formula is C19H29N3O3. The predicted octanol–water partition coefficient (Wildman–Crippen LogP) is 2.30. The van der Waals surface area contributed by atoms with Crippen molar-refractivity contribution in [2.45, 2.75) is 45.1 Å². The standard InChI is InChI=1S/C19H29N3O3/c1-2-25-11-5-10-21-18(23)15-7-4-9-17(13-15)22-19(24)14-6-3-8-16(20)12-14/h4,7,9,13-14,16H,2-3,5-6,8,10-12,20H2,1H3,(H,21,23)(H,22,24). The van der Waals surface area contributed by atoms with Crippen molar-refractivity contribution < 1.29 is 14.3 Å². The summed E-state index contributed by atoms with van der Waals surface area (Å²) < 4.78 is 5.24. The van der Waals surface area contributed by atoms with E-state index in [1.807, 2.05) is 6.92 Å². The van der Waals surface area contributed by atoms with Gasteiger partial charge in [0.25, 0.3) is 5.91 Å². The number of ether oxygens (including phenoxy) is 1. The smallest absolute Gasteiger partial charge is 0.251 e. The van der Waals surface area contributed by atoms with Gasteiger partial charge in [-0.2, -0.15) is 0 Å². The van der Waals surface area contributed by atoms with Crippen molar-refractivity contribution in [1.82, 2.24) is 5.32 Å². The van der Waals surface area contributed by atoms with Crippen LogP contribution in [0.3, 0.4) is 0 Å². The number of hydrogen-bond donors (Lipinski definition) is 3. The van der Waals surface area contributed by atoms with Crippen molar-refractivity contribution in [1.29, 1.82) is 0 Å². The molecule has 0 bridgehead atoms. The van der Waals surface area contributed by atoms with E-state index in [4.69, 9.17) is 10.5 Å². The maximum Gasteiger partial charge on any atom is 0.251 e. The first kappa shape index (κ1) is 19.4. The second kappa shape index (κ2) is 10.2. The van der Waals surface area contributed by atoms with Crippen LogP contribution in [-0.2, 0) is 9.53 Å². The highest BCUT2D eigenvalue weighted by atomic mass is 16.5. The summed E-state index contributed by atoms with van der Waals surface area (Å²) in [4.78, 5) is 24.6. The minimum atomic E-state index is -0.146. The molecule has 1 aromatic carbocycles. The van der Waals surface area contributed by atoms with E-state index in [9.17, 15) is 9.59 Å². The van der Waals surface area contributed by atoms with Crippen molar-refractivity contribution in [3.63, 3.8) is 0 Å². The zero-order valence-corrected chi connectivity index (χ0v) is 14.9. The van der Waals surface area contributed by atoms with Crippen LogP contribution in [0.2, 0.25) is 0 Å². The van der Waals surface area contributed by atoms with E-state index in [0.717, 1.165) is 32.1 Å². The molecule has 1 aliphatic carbocycles. The average molecular weight is 347 g/mol. The number of amides is 2. The number of carbonyl (C=O) groups is 2. The monoisotopic (exact) mass is 347 g/mol. The molecule has 1 aliphatic rings. The van der Waals surface area contributed by atoms with Gasteiger partial charge in [-0.15, -0.1) is 0 Å². The number of anilines is 1. The number of benzene rings is 1. The summed E-state index contributed by atoms with van der Waals surface area (Å²) in [7, 11) is 0. The molecule has 2 atom stereocenters. The minimum absolute atomic E-state index is 0.00979. The van der Waals surface area contributed by atoms with Crippen LogP contribution in [0.5, 0.6) is 0 Å². The Morgan fingerprint density at radius 3 is 2.92 bits per heavy atom. The molecule has 138 valence electrons. The van der Waals surface area contributed by atoms with Gasteiger partial charge in [-0.05, 0) is 50.8 Å². The third-order valence-corrected chi connectivity index (χ3v) is 4.43. The molecule has 0 heterocycles. The molecule has 0 aromatic heterocycles. The molecule has 25 heavy (non-hydrogen) atoms. The Morgan fingerprint density at radius 1 is 1.32 bits per heavy atom. The summed E-state index contributed by atoms with van der Waals surface area (Å²) in [6.07, 6.45) is 4.36. The summed E-state index contributed by atoms with van der Waals surface area (Å²) in [6.45, 7) is 3.83. The number of rotatable bonds is 8. The number of nitrogens with one attached hydrogen (secondary N) is 2. The first-order chi connectivity index (χ1) is 12.1. The zero-order chi connectivity index (χ0) is 18.1. The fourth-order valence-electron chi connectivity index (χ4n) is 3.07. The third kappa shape index (κ3) is 6.48. The molecule has 1 fully saturated rings. The Labute approximate surface area is 149 Å². The van der Waals surface area contributed by atoms with Crippen molar-refractivity contribution >= 4 is 17.5 Å². The highest BCUT2D eigenvalue weighted by Crippen LogP contribution is 2.24. The fourth-order valence-corrected chi connectivity index (χ4v) is 3.07. The largest absolute Gasteiger partial charge is 0.382 e. The van der Waals surface area contributed by atoms with Crippen molar-refractivity contribution in [2.24, 2.45) is 11.7 Å². The third-order valence-electron chi connectivity index (χ3n) is 4.43. The van der Waals surface area contributed by atoms with Gasteiger partial charge in [0.15, 0.2) is 0 Å². The van der Waals surface area contributed by atoms with Gasteiger partial charge in [0.2, 0.25) is 5.91 Å². The van der Waals surface area contributed by atoms with Gasteiger partial charge in [-0.25, -0.2) is 0 Å². The Kier molecular flexibility index (Phi) is 7.88. The molecule has 6 heteroatoms. The van der Waals surface area contributed by atoms with E-state index >= 15 is 0 Å². The molecule has 2 rings (SSSR count). The van der Waals surface area contributed by atoms with Crippen LogP contribution in [0.15, 0.2) is 24.3 Å². The molecule has 0 aliphatic heterocycles. The van der Waals surface area contributed by atoms with Crippen LogP contribution in [0.1, 0.15) is 49.4 Å². The Hall–Kier alpha value is -1.92. The Bertz CT molecular complexity index is 577. The van der Waals surface area contributed by atoms with Gasteiger partial charge >= 0.3 is 0 Å². The summed E-state index contributed by atoms with van der Waals surface area (Å²) in [5.41, 5.74) is 7.14. The Balaban J connectivity index is 1.85. The summed E-state index contributed by atoms with van der Waals surface area (Å²) in [5.74, 6) is -0.198. The van der Waals surface area contributed by atoms with E-state index in [2.05, 4.69) is 10.6 Å². The van der Waals surface area contributed by atoms with Crippen LogP contribution in [0.4, 0.5) is 5.69 Å². The van der Waals surface area contributed by atoms with Crippen molar-refractivity contribution in [2.75, 3.05) is 25.1 Å². The highest BCUT2D eigenvalue weighted by Gasteiger charge is 2.25. The van der Waals surface area contributed by atoms with Crippen molar-refractivity contribution in [3.8, 4) is 0 Å². The van der Waals surface area contributed by atoms with Crippen LogP contribution in [0, 0.1) is 5.92 Å². The van der Waals surface area contributed by atoms with E-state index in [0.29, 0.717) is 31.0 Å². The highest BCUT2D eigenvalue weighted by molar-refractivity contribution is 5.97. The molecule has 2 unspecified atom stereocenters. The van der Waals surface area contributed by atoms with E-state index in [1.54, 1.807) is 24.3 Å². The fraction of sp³-hybridized carbons (Fsp3) is 0.579. The first-order valence-corrected chi connectivity index (χ1v) is 9.12. The summed E-state index contributed by atoms with van der Waals surface area (Å²) in [6, 6.07) is 7.13. The molecule has 2 amide bonds. The summed E-state index contributed by atoms with van der Waals surface area (Å²) >= 11 is 0. The van der Waals surface area contributed by atoms with Crippen LogP contribution in [-0.4, -0.2) is 37.6 Å². The lowest BCUT2D eigenvalue weighted by Gasteiger charge is -2.25. The van der Waals surface area contributed by atoms with E-state index < -0.39 is 0 Å². The molecule has 1 saturated carbocycles. The maximum absolute atomic E-state index is 12.4. The first-order valence-electron chi connectivity index (χ1n) is 9.12. The normalized spacial score (nSPS) is 20.1. The second-order valence-electron chi connectivity index (χ2n) is 6.50. The lowest BCUT2D eigenvalue weighted by Crippen LogP contribution is -2.34. The molecule has 6 nitrogen and oxygen atoms in total. The summed E-state index contributed by atoms with van der Waals surface area (Å²) in [5, 5.41) is 5.78. The number of nitrogens with two attached hydrogens (primary N) is 1. The molecule has 0 spiro atoms. The molecule has 0 saturated heterocycles. The molecule has 0 radical (unpaired) electrons. The van der Waals surface area contributed by atoms with Crippen LogP contribution < -0.4 is 16.4 Å². The lowest BCUT2D eigenvalue weighted by molar-refractivity contribution is -0.120. The van der Waals surface area contributed by atoms with Gasteiger partial charge in [-0.3, -0.25) is 9.59 Å². The molecular weight excluding hydrogens is 318 g/mol.